The van der Waals surface area contributed by atoms with Crippen LogP contribution >= 0.6 is 0 Å². The van der Waals surface area contributed by atoms with Crippen LogP contribution in [0, 0.1) is 0 Å². The van der Waals surface area contributed by atoms with Crippen molar-refractivity contribution >= 4 is 0 Å². The van der Waals surface area contributed by atoms with E-state index in [9.17, 15) is 0 Å². The van der Waals surface area contributed by atoms with Crippen LogP contribution in [0.5, 0.6) is 0 Å². The van der Waals surface area contributed by atoms with Gasteiger partial charge in [0, 0.05) is 13.7 Å². The highest BCUT2D eigenvalue weighted by Crippen LogP contribution is 1.98. The zero-order valence-corrected chi connectivity index (χ0v) is 12.0. The van der Waals surface area contributed by atoms with E-state index < -0.39 is 0 Å². The lowest BCUT2D eigenvalue weighted by atomic mass is 10.2. The van der Waals surface area contributed by atoms with Gasteiger partial charge in [0.15, 0.2) is 0 Å². The molecule has 0 aromatic rings. The fourth-order valence-electron chi connectivity index (χ4n) is 1.07. The van der Waals surface area contributed by atoms with Crippen molar-refractivity contribution in [1.29, 1.82) is 0 Å². The van der Waals surface area contributed by atoms with E-state index in [-0.39, 0.29) is 0 Å². The van der Waals surface area contributed by atoms with Gasteiger partial charge in [-0.25, -0.2) is 0 Å². The molecule has 0 aliphatic carbocycles. The maximum atomic E-state index is 5.27. The Hall–Kier alpha value is -0.0800. The molecule has 0 amide bonds. The molecule has 0 rings (SSSR count). The molecule has 0 aromatic carbocycles. The fraction of sp³-hybridized carbons (Fsp3) is 1.00. The van der Waals surface area contributed by atoms with Crippen molar-refractivity contribution in [3.05, 3.63) is 0 Å². The maximum Gasteiger partial charge on any atom is 0.0695 e. The molecule has 1 unspecified atom stereocenters. The van der Waals surface area contributed by atoms with Gasteiger partial charge in [0.25, 0.3) is 0 Å². The summed E-state index contributed by atoms with van der Waals surface area (Å²) in [5.41, 5.74) is 0. The van der Waals surface area contributed by atoms with Crippen LogP contribution < -0.4 is 5.32 Å². The van der Waals surface area contributed by atoms with E-state index in [4.69, 9.17) is 4.74 Å². The summed E-state index contributed by atoms with van der Waals surface area (Å²) in [4.78, 5) is 0. The molecule has 0 radical (unpaired) electrons. The number of hydrogen-bond acceptors (Lipinski definition) is 2. The van der Waals surface area contributed by atoms with E-state index in [0.29, 0.717) is 6.10 Å². The third kappa shape index (κ3) is 20.1. The van der Waals surface area contributed by atoms with E-state index in [1.165, 1.54) is 12.8 Å². The summed E-state index contributed by atoms with van der Waals surface area (Å²) < 4.78 is 5.27. The monoisotopic (exact) mass is 219 g/mol. The van der Waals surface area contributed by atoms with E-state index in [1.807, 2.05) is 27.7 Å². The molecule has 0 aliphatic rings. The van der Waals surface area contributed by atoms with Gasteiger partial charge in [0.05, 0.1) is 6.10 Å². The molecule has 1 N–H and O–H groups in total. The lowest BCUT2D eigenvalue weighted by Gasteiger charge is -2.14. The van der Waals surface area contributed by atoms with Gasteiger partial charge in [-0.05, 0) is 19.4 Å². The number of nitrogens with one attached hydrogen (secondary N) is 1. The van der Waals surface area contributed by atoms with Gasteiger partial charge in [-0.1, -0.05) is 48.0 Å². The van der Waals surface area contributed by atoms with Crippen LogP contribution in [0.2, 0.25) is 0 Å². The quantitative estimate of drug-likeness (QED) is 0.657. The zero-order chi connectivity index (χ0) is 12.5. The molecule has 0 aromatic heterocycles. The van der Waals surface area contributed by atoms with Crippen molar-refractivity contribution in [3.63, 3.8) is 0 Å². The highest BCUT2D eigenvalue weighted by atomic mass is 16.5. The molecular formula is C13H33NO. The SMILES string of the molecule is CC.CC.CCCNCC(CCC)OC. The van der Waals surface area contributed by atoms with Crippen LogP contribution in [0.15, 0.2) is 0 Å². The molecule has 2 nitrogen and oxygen atoms in total. The number of ether oxygens (including phenoxy) is 1. The standard InChI is InChI=1S/C9H21NO.2C2H6/c1-4-6-9(11-3)8-10-7-5-2;2*1-2/h9-10H,4-8H2,1-3H3;2*1-2H3. The second-order valence-corrected chi connectivity index (χ2v) is 2.85. The lowest BCUT2D eigenvalue weighted by molar-refractivity contribution is 0.0940. The molecule has 0 heterocycles. The van der Waals surface area contributed by atoms with Crippen molar-refractivity contribution in [2.75, 3.05) is 20.2 Å². The van der Waals surface area contributed by atoms with E-state index in [1.54, 1.807) is 7.11 Å². The molecule has 15 heavy (non-hydrogen) atoms. The minimum absolute atomic E-state index is 0.409. The average molecular weight is 219 g/mol. The second kappa shape index (κ2) is 23.6. The molecular weight excluding hydrogens is 186 g/mol. The molecule has 0 saturated heterocycles. The molecule has 96 valence electrons. The Bertz CT molecular complexity index is 76.9. The number of hydrogen-bond donors (Lipinski definition) is 1. The summed E-state index contributed by atoms with van der Waals surface area (Å²) in [7, 11) is 1.79. The van der Waals surface area contributed by atoms with Crippen LogP contribution in [-0.2, 0) is 4.74 Å². The Balaban J connectivity index is -0.000000318. The topological polar surface area (TPSA) is 21.3 Å². The highest BCUT2D eigenvalue weighted by Gasteiger charge is 2.03. The molecule has 0 saturated carbocycles. The molecule has 2 heteroatoms. The van der Waals surface area contributed by atoms with E-state index >= 15 is 0 Å². The molecule has 0 spiro atoms. The predicted molar refractivity (Wildman–Crippen MR) is 71.6 cm³/mol. The van der Waals surface area contributed by atoms with Crippen molar-refractivity contribution in [2.24, 2.45) is 0 Å². The van der Waals surface area contributed by atoms with Crippen molar-refractivity contribution < 1.29 is 4.74 Å². The predicted octanol–water partition coefficient (Wildman–Crippen LogP) is 3.85. The minimum Gasteiger partial charge on any atom is -0.380 e. The van der Waals surface area contributed by atoms with Crippen LogP contribution in [0.25, 0.3) is 0 Å². The number of rotatable bonds is 7. The summed E-state index contributed by atoms with van der Waals surface area (Å²) in [6, 6.07) is 0. The normalized spacial score (nSPS) is 10.6. The van der Waals surface area contributed by atoms with Crippen molar-refractivity contribution in [2.45, 2.75) is 66.9 Å². The maximum absolute atomic E-state index is 5.27. The Labute approximate surface area is 97.8 Å². The third-order valence-electron chi connectivity index (χ3n) is 1.74. The third-order valence-corrected chi connectivity index (χ3v) is 1.74. The Morgan fingerprint density at radius 1 is 1.00 bits per heavy atom. The first-order valence-electron chi connectivity index (χ1n) is 6.58. The smallest absolute Gasteiger partial charge is 0.0695 e. The average Bonchev–Trinajstić information content (AvgIpc) is 2.33. The fourth-order valence-corrected chi connectivity index (χ4v) is 1.07. The lowest BCUT2D eigenvalue weighted by Crippen LogP contribution is -2.28. The summed E-state index contributed by atoms with van der Waals surface area (Å²) in [6.07, 6.45) is 3.97. The first-order chi connectivity index (χ1) is 7.35. The molecule has 0 fully saturated rings. The summed E-state index contributed by atoms with van der Waals surface area (Å²) in [6.45, 7) is 14.5. The van der Waals surface area contributed by atoms with Gasteiger partial charge in [-0.2, -0.15) is 0 Å². The Morgan fingerprint density at radius 3 is 1.87 bits per heavy atom. The van der Waals surface area contributed by atoms with Gasteiger partial charge in [-0.15, -0.1) is 0 Å². The summed E-state index contributed by atoms with van der Waals surface area (Å²) >= 11 is 0. The second-order valence-electron chi connectivity index (χ2n) is 2.85. The van der Waals surface area contributed by atoms with Gasteiger partial charge >= 0.3 is 0 Å². The Kier molecular flexibility index (Phi) is 32.0. The van der Waals surface area contributed by atoms with Crippen LogP contribution in [0.3, 0.4) is 0 Å². The molecule has 1 atom stereocenters. The van der Waals surface area contributed by atoms with Gasteiger partial charge in [-0.3, -0.25) is 0 Å². The largest absolute Gasteiger partial charge is 0.380 e. The van der Waals surface area contributed by atoms with Gasteiger partial charge < -0.3 is 10.1 Å². The number of methoxy groups -OCH3 is 1. The van der Waals surface area contributed by atoms with Crippen LogP contribution in [-0.4, -0.2) is 26.3 Å². The van der Waals surface area contributed by atoms with Crippen LogP contribution in [0.1, 0.15) is 60.8 Å². The van der Waals surface area contributed by atoms with Gasteiger partial charge in [0.1, 0.15) is 0 Å². The summed E-state index contributed by atoms with van der Waals surface area (Å²) in [5.74, 6) is 0. The van der Waals surface area contributed by atoms with Crippen molar-refractivity contribution in [1.82, 2.24) is 5.32 Å². The first kappa shape index (κ1) is 20.3. The Morgan fingerprint density at radius 2 is 1.53 bits per heavy atom. The first-order valence-corrected chi connectivity index (χ1v) is 6.58. The molecule has 0 bridgehead atoms. The van der Waals surface area contributed by atoms with E-state index in [2.05, 4.69) is 19.2 Å². The molecule has 0 aliphatic heterocycles. The van der Waals surface area contributed by atoms with Crippen LogP contribution in [0.4, 0.5) is 0 Å². The van der Waals surface area contributed by atoms with E-state index in [0.717, 1.165) is 19.5 Å². The zero-order valence-electron chi connectivity index (χ0n) is 12.0. The van der Waals surface area contributed by atoms with Gasteiger partial charge in [0.2, 0.25) is 0 Å². The summed E-state index contributed by atoms with van der Waals surface area (Å²) in [5, 5.41) is 3.35. The van der Waals surface area contributed by atoms with Crippen molar-refractivity contribution in [3.8, 4) is 0 Å². The highest BCUT2D eigenvalue weighted by molar-refractivity contribution is 4.59. The minimum atomic E-state index is 0.409.